The quantitative estimate of drug-likeness (QED) is 0.490. The number of non-ortho nitro benzene ring substituents is 1. The van der Waals surface area contributed by atoms with Crippen LogP contribution in [0.4, 0.5) is 11.4 Å². The minimum absolute atomic E-state index is 0.0491. The van der Waals surface area contributed by atoms with Crippen LogP contribution in [0.2, 0.25) is 0 Å². The van der Waals surface area contributed by atoms with Crippen molar-refractivity contribution in [1.82, 2.24) is 0 Å². The maximum atomic E-state index is 10.7. The van der Waals surface area contributed by atoms with Gasteiger partial charge in [0.1, 0.15) is 6.10 Å². The zero-order chi connectivity index (χ0) is 16.2. The Morgan fingerprint density at radius 2 is 1.87 bits per heavy atom. The van der Waals surface area contributed by atoms with Crippen LogP contribution in [0.15, 0.2) is 64.7 Å². The maximum absolute atomic E-state index is 10.7. The van der Waals surface area contributed by atoms with E-state index in [1.54, 1.807) is 18.3 Å². The van der Waals surface area contributed by atoms with Crippen molar-refractivity contribution in [2.75, 3.05) is 0 Å². The molecule has 0 aromatic heterocycles. The van der Waals surface area contributed by atoms with Gasteiger partial charge in [-0.2, -0.15) is 0 Å². The fraction of sp³-hybridized carbons (Fsp3) is 0.176. The van der Waals surface area contributed by atoms with E-state index in [1.807, 2.05) is 37.3 Å². The third kappa shape index (κ3) is 3.26. The van der Waals surface area contributed by atoms with Gasteiger partial charge >= 0.3 is 0 Å². The van der Waals surface area contributed by atoms with Crippen molar-refractivity contribution in [2.45, 2.75) is 13.0 Å². The number of nitrogens with zero attached hydrogens (tertiary/aromatic N) is 3. The molecule has 0 amide bonds. The first-order valence-electron chi connectivity index (χ1n) is 7.23. The second-order valence-electron chi connectivity index (χ2n) is 5.23. The molecule has 23 heavy (non-hydrogen) atoms. The Balaban J connectivity index is 1.80. The summed E-state index contributed by atoms with van der Waals surface area (Å²) in [5.41, 5.74) is 2.54. The molecule has 0 bridgehead atoms. The Morgan fingerprint density at radius 1 is 1.17 bits per heavy atom. The van der Waals surface area contributed by atoms with Crippen LogP contribution in [-0.2, 0) is 4.84 Å². The summed E-state index contributed by atoms with van der Waals surface area (Å²) < 4.78 is 0. The molecule has 2 aromatic rings. The zero-order valence-electron chi connectivity index (χ0n) is 12.5. The van der Waals surface area contributed by atoms with Gasteiger partial charge in [0.15, 0.2) is 0 Å². The molecular weight excluding hydrogens is 294 g/mol. The van der Waals surface area contributed by atoms with E-state index >= 15 is 0 Å². The third-order valence-electron chi connectivity index (χ3n) is 3.65. The number of benzene rings is 2. The van der Waals surface area contributed by atoms with E-state index < -0.39 is 4.92 Å². The zero-order valence-corrected chi connectivity index (χ0v) is 12.5. The molecule has 0 radical (unpaired) electrons. The van der Waals surface area contributed by atoms with Gasteiger partial charge in [0.2, 0.25) is 0 Å². The standard InChI is InChI=1S/C17H15N3O3/c1-12-16(17(19-23-12)13-5-3-2-4-6-13)11-18-14-7-9-15(10-8-14)20(21)22/h2-12,16H,1H3/t12?,16-/m0/s1. The molecule has 6 heteroatoms. The predicted octanol–water partition coefficient (Wildman–Crippen LogP) is 3.74. The number of hydrogen-bond donors (Lipinski definition) is 0. The summed E-state index contributed by atoms with van der Waals surface area (Å²) in [5, 5.41) is 14.8. The molecule has 0 aliphatic carbocycles. The highest BCUT2D eigenvalue weighted by atomic mass is 16.6. The van der Waals surface area contributed by atoms with Crippen LogP contribution in [-0.4, -0.2) is 23.0 Å². The van der Waals surface area contributed by atoms with E-state index in [0.29, 0.717) is 5.69 Å². The lowest BCUT2D eigenvalue weighted by Gasteiger charge is -2.10. The van der Waals surface area contributed by atoms with Crippen LogP contribution < -0.4 is 0 Å². The minimum Gasteiger partial charge on any atom is -0.391 e. The van der Waals surface area contributed by atoms with Crippen LogP contribution in [0, 0.1) is 16.0 Å². The Labute approximate surface area is 133 Å². The van der Waals surface area contributed by atoms with Crippen molar-refractivity contribution in [3.8, 4) is 0 Å². The average molecular weight is 309 g/mol. The lowest BCUT2D eigenvalue weighted by Crippen LogP contribution is -2.22. The summed E-state index contributed by atoms with van der Waals surface area (Å²) in [4.78, 5) is 20.0. The third-order valence-corrected chi connectivity index (χ3v) is 3.65. The number of oxime groups is 1. The summed E-state index contributed by atoms with van der Waals surface area (Å²) in [5.74, 6) is -0.0624. The molecule has 0 fully saturated rings. The Morgan fingerprint density at radius 3 is 2.52 bits per heavy atom. The molecule has 0 spiro atoms. The van der Waals surface area contributed by atoms with Crippen LogP contribution >= 0.6 is 0 Å². The van der Waals surface area contributed by atoms with Crippen LogP contribution in [0.25, 0.3) is 0 Å². The van der Waals surface area contributed by atoms with Crippen LogP contribution in [0.3, 0.4) is 0 Å². The van der Waals surface area contributed by atoms with Gasteiger partial charge in [-0.25, -0.2) is 0 Å². The summed E-state index contributed by atoms with van der Waals surface area (Å²) in [7, 11) is 0. The van der Waals surface area contributed by atoms with Crippen molar-refractivity contribution in [3.63, 3.8) is 0 Å². The second kappa shape index (κ2) is 6.39. The number of aliphatic imine (C=N–C) groups is 1. The second-order valence-corrected chi connectivity index (χ2v) is 5.23. The van der Waals surface area contributed by atoms with Gasteiger partial charge in [-0.05, 0) is 19.1 Å². The van der Waals surface area contributed by atoms with E-state index in [9.17, 15) is 10.1 Å². The van der Waals surface area contributed by atoms with E-state index in [0.717, 1.165) is 11.3 Å². The average Bonchev–Trinajstić information content (AvgIpc) is 2.95. The topological polar surface area (TPSA) is 77.1 Å². The number of nitro groups is 1. The fourth-order valence-electron chi connectivity index (χ4n) is 2.36. The number of nitro benzene ring substituents is 1. The Bertz CT molecular complexity index is 754. The highest BCUT2D eigenvalue weighted by molar-refractivity contribution is 6.10. The van der Waals surface area contributed by atoms with Crippen LogP contribution in [0.5, 0.6) is 0 Å². The summed E-state index contributed by atoms with van der Waals surface area (Å²) >= 11 is 0. The van der Waals surface area contributed by atoms with Gasteiger partial charge < -0.3 is 4.84 Å². The normalized spacial score (nSPS) is 20.3. The molecule has 2 atom stereocenters. The lowest BCUT2D eigenvalue weighted by atomic mass is 9.94. The molecule has 116 valence electrons. The molecular formula is C17H15N3O3. The molecule has 1 unspecified atom stereocenters. The molecule has 1 heterocycles. The first-order chi connectivity index (χ1) is 11.1. The monoisotopic (exact) mass is 309 g/mol. The van der Waals surface area contributed by atoms with Crippen molar-refractivity contribution in [1.29, 1.82) is 0 Å². The highest BCUT2D eigenvalue weighted by Crippen LogP contribution is 2.23. The molecule has 0 N–H and O–H groups in total. The molecule has 3 rings (SSSR count). The van der Waals surface area contributed by atoms with E-state index in [4.69, 9.17) is 4.84 Å². The summed E-state index contributed by atoms with van der Waals surface area (Å²) in [6.07, 6.45) is 1.68. The van der Waals surface area contributed by atoms with Gasteiger partial charge in [-0.3, -0.25) is 15.1 Å². The molecule has 0 saturated carbocycles. The van der Waals surface area contributed by atoms with Crippen molar-refractivity contribution in [3.05, 3.63) is 70.3 Å². The highest BCUT2D eigenvalue weighted by Gasteiger charge is 2.30. The van der Waals surface area contributed by atoms with Crippen molar-refractivity contribution in [2.24, 2.45) is 16.1 Å². The van der Waals surface area contributed by atoms with Gasteiger partial charge in [0, 0.05) is 23.9 Å². The fourth-order valence-corrected chi connectivity index (χ4v) is 2.36. The van der Waals surface area contributed by atoms with E-state index in [-0.39, 0.29) is 17.7 Å². The van der Waals surface area contributed by atoms with Gasteiger partial charge in [-0.15, -0.1) is 0 Å². The molecule has 6 nitrogen and oxygen atoms in total. The summed E-state index contributed by atoms with van der Waals surface area (Å²) in [6.45, 7) is 1.94. The minimum atomic E-state index is -0.430. The van der Waals surface area contributed by atoms with Crippen molar-refractivity contribution < 1.29 is 9.76 Å². The molecule has 1 aliphatic rings. The Hall–Kier alpha value is -3.02. The molecule has 2 aromatic carbocycles. The van der Waals surface area contributed by atoms with Crippen molar-refractivity contribution >= 4 is 23.3 Å². The maximum Gasteiger partial charge on any atom is 0.269 e. The molecule has 1 aliphatic heterocycles. The largest absolute Gasteiger partial charge is 0.391 e. The molecule has 0 saturated heterocycles. The van der Waals surface area contributed by atoms with E-state index in [2.05, 4.69) is 10.1 Å². The van der Waals surface area contributed by atoms with Crippen LogP contribution in [0.1, 0.15) is 12.5 Å². The Kier molecular flexibility index (Phi) is 4.14. The first kappa shape index (κ1) is 14.9. The summed E-state index contributed by atoms with van der Waals surface area (Å²) in [6, 6.07) is 15.9. The lowest BCUT2D eigenvalue weighted by molar-refractivity contribution is -0.384. The predicted molar refractivity (Wildman–Crippen MR) is 88.3 cm³/mol. The van der Waals surface area contributed by atoms with E-state index in [1.165, 1.54) is 12.1 Å². The number of rotatable bonds is 4. The van der Waals surface area contributed by atoms with Gasteiger partial charge in [0.05, 0.1) is 22.2 Å². The van der Waals surface area contributed by atoms with Gasteiger partial charge in [0.25, 0.3) is 5.69 Å². The smallest absolute Gasteiger partial charge is 0.269 e. The SMILES string of the molecule is CC1ON=C(c2ccccc2)[C@H]1C=Nc1ccc([N+](=O)[O-])cc1. The number of hydrogen-bond acceptors (Lipinski definition) is 5. The van der Waals surface area contributed by atoms with Gasteiger partial charge in [-0.1, -0.05) is 35.5 Å². The first-order valence-corrected chi connectivity index (χ1v) is 7.23.